The first-order valence-electron chi connectivity index (χ1n) is 9.33. The highest BCUT2D eigenvalue weighted by Crippen LogP contribution is 2.30. The van der Waals surface area contributed by atoms with Crippen LogP contribution in [-0.2, 0) is 4.79 Å². The molecule has 2 amide bonds. The molecule has 1 saturated heterocycles. The Labute approximate surface area is 200 Å². The average Bonchev–Trinajstić information content (AvgIpc) is 2.73. The van der Waals surface area contributed by atoms with Crippen molar-refractivity contribution >= 4 is 68.1 Å². The number of rotatable bonds is 3. The normalized spacial score (nSPS) is 14.2. The average molecular weight is 550 g/mol. The molecule has 0 spiro atoms. The van der Waals surface area contributed by atoms with E-state index in [2.05, 4.69) is 26.6 Å². The molecule has 3 rings (SSSR count). The third-order valence-corrected chi connectivity index (χ3v) is 5.67. The van der Waals surface area contributed by atoms with Crippen molar-refractivity contribution in [3.8, 4) is 0 Å². The zero-order valence-electron chi connectivity index (χ0n) is 16.4. The topological polar surface area (TPSA) is 64.7 Å². The minimum atomic E-state index is -4.88. The monoisotopic (exact) mass is 548 g/mol. The van der Waals surface area contributed by atoms with Gasteiger partial charge in [-0.05, 0) is 48.6 Å². The van der Waals surface area contributed by atoms with Crippen molar-refractivity contribution in [2.75, 3.05) is 36.4 Å². The summed E-state index contributed by atoms with van der Waals surface area (Å²) in [5.41, 5.74) is 1.59. The summed E-state index contributed by atoms with van der Waals surface area (Å²) < 4.78 is 38.5. The van der Waals surface area contributed by atoms with Crippen LogP contribution in [0.1, 0.15) is 10.4 Å². The van der Waals surface area contributed by atoms with Gasteiger partial charge in [0.25, 0.3) is 5.91 Å². The largest absolute Gasteiger partial charge is 0.471 e. The third-order valence-electron chi connectivity index (χ3n) is 4.67. The molecule has 2 aromatic rings. The number of nitrogens with zero attached hydrogens (tertiary/aromatic N) is 2. The van der Waals surface area contributed by atoms with Crippen LogP contribution in [0.2, 0.25) is 5.02 Å². The Morgan fingerprint density at radius 1 is 1.06 bits per heavy atom. The standard InChI is InChI=1S/C20H17BrClF3N4O2S/c21-13-3-1-2-12(10-13)17(30)27-19(32)26-14-4-5-16(15(22)11-14)28-6-8-29(9-7-28)18(31)20(23,24)25/h1-5,10-11H,6-9H2,(H2,26,27,30,32). The lowest BCUT2D eigenvalue weighted by Gasteiger charge is -2.36. The maximum Gasteiger partial charge on any atom is 0.471 e. The summed E-state index contributed by atoms with van der Waals surface area (Å²) in [5.74, 6) is -2.21. The van der Waals surface area contributed by atoms with Crippen molar-refractivity contribution in [2.24, 2.45) is 0 Å². The van der Waals surface area contributed by atoms with E-state index in [0.29, 0.717) is 22.0 Å². The van der Waals surface area contributed by atoms with Gasteiger partial charge in [0, 0.05) is 41.9 Å². The molecule has 170 valence electrons. The third kappa shape index (κ3) is 6.11. The Kier molecular flexibility index (Phi) is 7.63. The van der Waals surface area contributed by atoms with E-state index in [1.54, 1.807) is 47.4 Å². The van der Waals surface area contributed by atoms with E-state index in [4.69, 9.17) is 23.8 Å². The minimum Gasteiger partial charge on any atom is -0.367 e. The molecule has 0 atom stereocenters. The number of halogens is 5. The second-order valence-corrected chi connectivity index (χ2v) is 8.59. The molecular formula is C20H17BrClF3N4O2S. The lowest BCUT2D eigenvalue weighted by molar-refractivity contribution is -0.185. The van der Waals surface area contributed by atoms with Gasteiger partial charge < -0.3 is 15.1 Å². The summed E-state index contributed by atoms with van der Waals surface area (Å²) in [6.45, 7) is 0.325. The van der Waals surface area contributed by atoms with E-state index >= 15 is 0 Å². The van der Waals surface area contributed by atoms with Gasteiger partial charge in [0.05, 0.1) is 10.7 Å². The van der Waals surface area contributed by atoms with Crippen molar-refractivity contribution in [3.63, 3.8) is 0 Å². The van der Waals surface area contributed by atoms with Gasteiger partial charge in [-0.25, -0.2) is 0 Å². The summed E-state index contributed by atoms with van der Waals surface area (Å²) in [6.07, 6.45) is -4.88. The van der Waals surface area contributed by atoms with Crippen molar-refractivity contribution in [2.45, 2.75) is 6.18 Å². The number of alkyl halides is 3. The fourth-order valence-electron chi connectivity index (χ4n) is 3.14. The molecule has 2 N–H and O–H groups in total. The molecule has 0 aliphatic carbocycles. The summed E-state index contributed by atoms with van der Waals surface area (Å²) in [5, 5.41) is 5.88. The van der Waals surface area contributed by atoms with Crippen LogP contribution < -0.4 is 15.5 Å². The van der Waals surface area contributed by atoms with Crippen LogP contribution >= 0.6 is 39.7 Å². The number of carbonyl (C=O) groups excluding carboxylic acids is 2. The zero-order chi connectivity index (χ0) is 23.5. The summed E-state index contributed by atoms with van der Waals surface area (Å²) in [6, 6.07) is 11.8. The molecule has 32 heavy (non-hydrogen) atoms. The molecule has 0 aromatic heterocycles. The molecule has 12 heteroatoms. The van der Waals surface area contributed by atoms with Crippen molar-refractivity contribution < 1.29 is 22.8 Å². The lowest BCUT2D eigenvalue weighted by Crippen LogP contribution is -2.52. The first-order valence-corrected chi connectivity index (χ1v) is 10.9. The highest BCUT2D eigenvalue weighted by Gasteiger charge is 2.43. The van der Waals surface area contributed by atoms with Crippen LogP contribution in [0.5, 0.6) is 0 Å². The number of thiocarbonyl (C=S) groups is 1. The van der Waals surface area contributed by atoms with Crippen molar-refractivity contribution in [3.05, 3.63) is 57.5 Å². The van der Waals surface area contributed by atoms with Crippen molar-refractivity contribution in [1.82, 2.24) is 10.2 Å². The molecule has 1 heterocycles. The fraction of sp³-hybridized carbons (Fsp3) is 0.250. The van der Waals surface area contributed by atoms with Gasteiger partial charge in [0.1, 0.15) is 0 Å². The van der Waals surface area contributed by atoms with Crippen LogP contribution in [0, 0.1) is 0 Å². The Morgan fingerprint density at radius 3 is 2.34 bits per heavy atom. The number of carbonyl (C=O) groups is 2. The maximum absolute atomic E-state index is 12.6. The summed E-state index contributed by atoms with van der Waals surface area (Å²) in [7, 11) is 0. The van der Waals surface area contributed by atoms with E-state index in [9.17, 15) is 22.8 Å². The molecule has 0 bridgehead atoms. The molecule has 0 saturated carbocycles. The second kappa shape index (κ2) is 10.1. The number of piperazine rings is 1. The summed E-state index contributed by atoms with van der Waals surface area (Å²) >= 11 is 14.8. The van der Waals surface area contributed by atoms with Gasteiger partial charge in [-0.3, -0.25) is 14.9 Å². The molecule has 1 fully saturated rings. The Balaban J connectivity index is 1.58. The van der Waals surface area contributed by atoms with Gasteiger partial charge in [-0.1, -0.05) is 33.6 Å². The predicted molar refractivity (Wildman–Crippen MR) is 124 cm³/mol. The maximum atomic E-state index is 12.6. The Hall–Kier alpha value is -2.37. The van der Waals surface area contributed by atoms with E-state index < -0.39 is 12.1 Å². The fourth-order valence-corrected chi connectivity index (χ4v) is 4.05. The quantitative estimate of drug-likeness (QED) is 0.555. The van der Waals surface area contributed by atoms with E-state index in [1.165, 1.54) is 0 Å². The van der Waals surface area contributed by atoms with Crippen LogP contribution in [0.25, 0.3) is 0 Å². The van der Waals surface area contributed by atoms with Crippen molar-refractivity contribution in [1.29, 1.82) is 0 Å². The highest BCUT2D eigenvalue weighted by atomic mass is 79.9. The van der Waals surface area contributed by atoms with Gasteiger partial charge in [-0.15, -0.1) is 0 Å². The molecule has 6 nitrogen and oxygen atoms in total. The number of nitrogens with one attached hydrogen (secondary N) is 2. The number of benzene rings is 2. The predicted octanol–water partition coefficient (Wildman–Crippen LogP) is 4.44. The molecule has 1 aliphatic rings. The SMILES string of the molecule is O=C(NC(=S)Nc1ccc(N2CCN(C(=O)C(F)(F)F)CC2)c(Cl)c1)c1cccc(Br)c1. The zero-order valence-corrected chi connectivity index (χ0v) is 19.5. The first kappa shape index (κ1) is 24.3. The Morgan fingerprint density at radius 2 is 1.75 bits per heavy atom. The van der Waals surface area contributed by atoms with Gasteiger partial charge in [-0.2, -0.15) is 13.2 Å². The number of hydrogen-bond acceptors (Lipinski definition) is 4. The van der Waals surface area contributed by atoms with E-state index in [1.807, 2.05) is 0 Å². The molecular weight excluding hydrogens is 533 g/mol. The van der Waals surface area contributed by atoms with Gasteiger partial charge >= 0.3 is 12.1 Å². The van der Waals surface area contributed by atoms with Crippen LogP contribution in [-0.4, -0.2) is 54.2 Å². The first-order chi connectivity index (χ1) is 15.0. The smallest absolute Gasteiger partial charge is 0.367 e. The minimum absolute atomic E-state index is 0.0552. The second-order valence-electron chi connectivity index (χ2n) is 6.86. The molecule has 0 radical (unpaired) electrons. The Bertz CT molecular complexity index is 1050. The molecule has 0 unspecified atom stereocenters. The highest BCUT2D eigenvalue weighted by molar-refractivity contribution is 9.10. The molecule has 1 aliphatic heterocycles. The van der Waals surface area contributed by atoms with Gasteiger partial charge in [0.15, 0.2) is 5.11 Å². The lowest BCUT2D eigenvalue weighted by atomic mass is 10.2. The number of amides is 2. The van der Waals surface area contributed by atoms with E-state index in [-0.39, 0.29) is 37.2 Å². The van der Waals surface area contributed by atoms with Crippen LogP contribution in [0.4, 0.5) is 24.5 Å². The number of anilines is 2. The van der Waals surface area contributed by atoms with Crippen LogP contribution in [0.15, 0.2) is 46.9 Å². The summed E-state index contributed by atoms with van der Waals surface area (Å²) in [4.78, 5) is 26.2. The van der Waals surface area contributed by atoms with E-state index in [0.717, 1.165) is 9.37 Å². The number of hydrogen-bond donors (Lipinski definition) is 2. The molecule has 2 aromatic carbocycles. The van der Waals surface area contributed by atoms with Crippen LogP contribution in [0.3, 0.4) is 0 Å². The van der Waals surface area contributed by atoms with Gasteiger partial charge in [0.2, 0.25) is 0 Å².